The molecule has 0 aromatic carbocycles. The number of anilines is 1. The minimum Gasteiger partial charge on any atom is -0.359 e. The monoisotopic (exact) mass is 312 g/mol. The Hall–Kier alpha value is -1.08. The second-order valence-electron chi connectivity index (χ2n) is 5.43. The SMILES string of the molecule is CCc1cc(=O)n2nc(NCCSC(C)(C)C)sc2n1. The highest BCUT2D eigenvalue weighted by molar-refractivity contribution is 8.00. The summed E-state index contributed by atoms with van der Waals surface area (Å²) < 4.78 is 1.63. The van der Waals surface area contributed by atoms with Crippen LogP contribution in [0.1, 0.15) is 33.4 Å². The number of hydrogen-bond acceptors (Lipinski definition) is 6. The Morgan fingerprint density at radius 2 is 2.20 bits per heavy atom. The van der Waals surface area contributed by atoms with E-state index >= 15 is 0 Å². The lowest BCUT2D eigenvalue weighted by Gasteiger charge is -2.17. The van der Waals surface area contributed by atoms with Gasteiger partial charge in [0.05, 0.1) is 0 Å². The second kappa shape index (κ2) is 6.13. The summed E-state index contributed by atoms with van der Waals surface area (Å²) in [6, 6.07) is 1.55. The number of nitrogens with zero attached hydrogens (tertiary/aromatic N) is 3. The van der Waals surface area contributed by atoms with E-state index < -0.39 is 0 Å². The molecule has 2 aromatic heterocycles. The molecule has 7 heteroatoms. The molecule has 0 atom stereocenters. The van der Waals surface area contributed by atoms with Crippen molar-refractivity contribution in [1.82, 2.24) is 14.6 Å². The first kappa shape index (κ1) is 15.3. The Morgan fingerprint density at radius 1 is 1.45 bits per heavy atom. The predicted octanol–water partition coefficient (Wildman–Crippen LogP) is 2.66. The van der Waals surface area contributed by atoms with E-state index in [0.29, 0.717) is 4.96 Å². The fourth-order valence-electron chi connectivity index (χ4n) is 1.62. The molecule has 0 unspecified atom stereocenters. The molecule has 0 saturated heterocycles. The van der Waals surface area contributed by atoms with Crippen LogP contribution in [-0.2, 0) is 6.42 Å². The number of fused-ring (bicyclic) bond motifs is 1. The number of aryl methyl sites for hydroxylation is 1. The average Bonchev–Trinajstić information content (AvgIpc) is 2.77. The van der Waals surface area contributed by atoms with Crippen molar-refractivity contribution in [2.24, 2.45) is 0 Å². The van der Waals surface area contributed by atoms with Crippen LogP contribution in [0.25, 0.3) is 4.96 Å². The van der Waals surface area contributed by atoms with E-state index in [1.54, 1.807) is 6.07 Å². The molecule has 1 N–H and O–H groups in total. The molecule has 0 aliphatic carbocycles. The Bertz CT molecular complexity index is 642. The highest BCUT2D eigenvalue weighted by Crippen LogP contribution is 2.23. The van der Waals surface area contributed by atoms with Gasteiger partial charge in [-0.15, -0.1) is 5.10 Å². The quantitative estimate of drug-likeness (QED) is 0.860. The molecular formula is C13H20N4OS2. The zero-order valence-corrected chi connectivity index (χ0v) is 13.9. The fourth-order valence-corrected chi connectivity index (χ4v) is 3.29. The Balaban J connectivity index is 2.05. The van der Waals surface area contributed by atoms with Crippen LogP contribution in [0.5, 0.6) is 0 Å². The Kier molecular flexibility index (Phi) is 4.70. The van der Waals surface area contributed by atoms with Crippen LogP contribution in [0.3, 0.4) is 0 Å². The minimum atomic E-state index is -0.111. The summed E-state index contributed by atoms with van der Waals surface area (Å²) in [7, 11) is 0. The molecular weight excluding hydrogens is 292 g/mol. The van der Waals surface area contributed by atoms with Crippen LogP contribution in [-0.4, -0.2) is 31.6 Å². The van der Waals surface area contributed by atoms with Gasteiger partial charge in [0.1, 0.15) is 0 Å². The molecule has 0 aliphatic heterocycles. The summed E-state index contributed by atoms with van der Waals surface area (Å²) in [6.45, 7) is 9.42. The van der Waals surface area contributed by atoms with Crippen molar-refractivity contribution >= 4 is 33.2 Å². The molecule has 2 aromatic rings. The Morgan fingerprint density at radius 3 is 2.85 bits per heavy atom. The molecule has 0 spiro atoms. The van der Waals surface area contributed by atoms with Crippen LogP contribution in [0.2, 0.25) is 0 Å². The maximum Gasteiger partial charge on any atom is 0.275 e. The van der Waals surface area contributed by atoms with Crippen molar-refractivity contribution in [1.29, 1.82) is 0 Å². The molecule has 0 bridgehead atoms. The number of aromatic nitrogens is 3. The van der Waals surface area contributed by atoms with Crippen LogP contribution < -0.4 is 10.9 Å². The van der Waals surface area contributed by atoms with Crippen LogP contribution in [0, 0.1) is 0 Å². The average molecular weight is 312 g/mol. The van der Waals surface area contributed by atoms with Gasteiger partial charge < -0.3 is 5.32 Å². The number of hydrogen-bond donors (Lipinski definition) is 1. The van der Waals surface area contributed by atoms with Gasteiger partial charge in [-0.2, -0.15) is 16.3 Å². The molecule has 0 amide bonds. The zero-order chi connectivity index (χ0) is 14.8. The highest BCUT2D eigenvalue weighted by atomic mass is 32.2. The van der Waals surface area contributed by atoms with Gasteiger partial charge in [-0.05, 0) is 6.42 Å². The van der Waals surface area contributed by atoms with Crippen LogP contribution in [0.15, 0.2) is 10.9 Å². The lowest BCUT2D eigenvalue weighted by atomic mass is 10.3. The highest BCUT2D eigenvalue weighted by Gasteiger charge is 2.11. The summed E-state index contributed by atoms with van der Waals surface area (Å²) in [5, 5.41) is 8.27. The van der Waals surface area contributed by atoms with E-state index in [0.717, 1.165) is 29.5 Å². The van der Waals surface area contributed by atoms with E-state index in [1.807, 2.05) is 18.7 Å². The van der Waals surface area contributed by atoms with E-state index in [1.165, 1.54) is 15.9 Å². The third kappa shape index (κ3) is 3.96. The van der Waals surface area contributed by atoms with Gasteiger partial charge in [-0.1, -0.05) is 39.0 Å². The summed E-state index contributed by atoms with van der Waals surface area (Å²) in [6.07, 6.45) is 0.759. The van der Waals surface area contributed by atoms with E-state index in [-0.39, 0.29) is 10.3 Å². The number of thioether (sulfide) groups is 1. The number of nitrogens with one attached hydrogen (secondary N) is 1. The van der Waals surface area contributed by atoms with Crippen molar-refractivity contribution in [2.75, 3.05) is 17.6 Å². The third-order valence-corrected chi connectivity index (χ3v) is 4.71. The second-order valence-corrected chi connectivity index (χ2v) is 8.31. The Labute approximate surface area is 126 Å². The van der Waals surface area contributed by atoms with Gasteiger partial charge in [-0.25, -0.2) is 4.98 Å². The molecule has 110 valence electrons. The molecule has 0 fully saturated rings. The minimum absolute atomic E-state index is 0.111. The molecule has 2 heterocycles. The number of rotatable bonds is 5. The maximum absolute atomic E-state index is 11.9. The molecule has 5 nitrogen and oxygen atoms in total. The normalized spacial score (nSPS) is 12.0. The van der Waals surface area contributed by atoms with Crippen molar-refractivity contribution in [3.8, 4) is 0 Å². The van der Waals surface area contributed by atoms with Gasteiger partial charge in [0.2, 0.25) is 10.1 Å². The van der Waals surface area contributed by atoms with Gasteiger partial charge in [0, 0.05) is 28.8 Å². The fraction of sp³-hybridized carbons (Fsp3) is 0.615. The zero-order valence-electron chi connectivity index (χ0n) is 12.3. The van der Waals surface area contributed by atoms with Crippen LogP contribution >= 0.6 is 23.1 Å². The summed E-state index contributed by atoms with van der Waals surface area (Å²) >= 11 is 3.32. The summed E-state index contributed by atoms with van der Waals surface area (Å²) in [4.78, 5) is 16.9. The molecule has 2 rings (SSSR count). The standard InChI is InChI=1S/C13H20N4OS2/c1-5-9-8-10(18)17-12(15-9)20-11(16-17)14-6-7-19-13(2,3)4/h8H,5-7H2,1-4H3,(H,14,16). The van der Waals surface area contributed by atoms with Crippen LogP contribution in [0.4, 0.5) is 5.13 Å². The van der Waals surface area contributed by atoms with E-state index in [2.05, 4.69) is 36.2 Å². The first-order chi connectivity index (χ1) is 9.39. The predicted molar refractivity (Wildman–Crippen MR) is 87.2 cm³/mol. The summed E-state index contributed by atoms with van der Waals surface area (Å²) in [5.74, 6) is 1.00. The maximum atomic E-state index is 11.9. The lowest BCUT2D eigenvalue weighted by molar-refractivity contribution is 0.802. The van der Waals surface area contributed by atoms with Crippen molar-refractivity contribution in [2.45, 2.75) is 38.9 Å². The first-order valence-electron chi connectivity index (χ1n) is 6.66. The smallest absolute Gasteiger partial charge is 0.275 e. The van der Waals surface area contributed by atoms with Crippen molar-refractivity contribution in [3.63, 3.8) is 0 Å². The lowest BCUT2D eigenvalue weighted by Crippen LogP contribution is -2.16. The molecule has 20 heavy (non-hydrogen) atoms. The van der Waals surface area contributed by atoms with Gasteiger partial charge in [0.15, 0.2) is 0 Å². The first-order valence-corrected chi connectivity index (χ1v) is 8.47. The van der Waals surface area contributed by atoms with Crippen molar-refractivity contribution in [3.05, 3.63) is 22.1 Å². The molecule has 0 saturated carbocycles. The third-order valence-electron chi connectivity index (χ3n) is 2.57. The van der Waals surface area contributed by atoms with Gasteiger partial charge >= 0.3 is 0 Å². The molecule has 0 radical (unpaired) electrons. The molecule has 0 aliphatic rings. The largest absolute Gasteiger partial charge is 0.359 e. The van der Waals surface area contributed by atoms with E-state index in [9.17, 15) is 4.79 Å². The van der Waals surface area contributed by atoms with E-state index in [4.69, 9.17) is 0 Å². The van der Waals surface area contributed by atoms with Crippen molar-refractivity contribution < 1.29 is 0 Å². The van der Waals surface area contributed by atoms with Gasteiger partial charge in [0.25, 0.3) is 5.56 Å². The summed E-state index contributed by atoms with van der Waals surface area (Å²) in [5.41, 5.74) is 0.703. The van der Waals surface area contributed by atoms with Gasteiger partial charge in [-0.3, -0.25) is 4.79 Å². The topological polar surface area (TPSA) is 59.3 Å².